The van der Waals surface area contributed by atoms with E-state index in [9.17, 15) is 18.0 Å². The van der Waals surface area contributed by atoms with Gasteiger partial charge in [0.15, 0.2) is 11.5 Å². The van der Waals surface area contributed by atoms with Crippen LogP contribution < -0.4 is 14.8 Å². The highest BCUT2D eigenvalue weighted by Crippen LogP contribution is 2.32. The fourth-order valence-electron chi connectivity index (χ4n) is 2.75. The number of ether oxygens (including phenoxy) is 2. The van der Waals surface area contributed by atoms with E-state index in [1.165, 1.54) is 31.4 Å². The number of hydrogen-bond acceptors (Lipinski definition) is 3. The van der Waals surface area contributed by atoms with Gasteiger partial charge in [0.1, 0.15) is 6.61 Å². The van der Waals surface area contributed by atoms with Gasteiger partial charge in [-0.1, -0.05) is 35.9 Å². The van der Waals surface area contributed by atoms with Crippen LogP contribution in [0.25, 0.3) is 0 Å². The molecular weight excluding hydrogens is 395 g/mol. The standard InChI is InChI=1S/C23H20F3NO3/c1-15-6-8-16(9-7-15)14-30-20-11-10-17(12-21(20)29-2)22(28)27-19-5-3-4-18(13-19)23(24,25)26/h3-13H,14H2,1-2H3,(H,27,28). The molecule has 3 aromatic carbocycles. The number of alkyl halides is 3. The average Bonchev–Trinajstić information content (AvgIpc) is 2.72. The number of methoxy groups -OCH3 is 1. The van der Waals surface area contributed by atoms with Crippen LogP contribution in [0.5, 0.6) is 11.5 Å². The molecule has 0 saturated heterocycles. The summed E-state index contributed by atoms with van der Waals surface area (Å²) in [5.41, 5.74) is 1.57. The van der Waals surface area contributed by atoms with Gasteiger partial charge in [-0.2, -0.15) is 13.2 Å². The summed E-state index contributed by atoms with van der Waals surface area (Å²) in [7, 11) is 1.45. The molecule has 7 heteroatoms. The number of aryl methyl sites for hydroxylation is 1. The predicted molar refractivity (Wildman–Crippen MR) is 108 cm³/mol. The highest BCUT2D eigenvalue weighted by atomic mass is 19.4. The van der Waals surface area contributed by atoms with Crippen LogP contribution in [0.4, 0.5) is 18.9 Å². The SMILES string of the molecule is COc1cc(C(=O)Nc2cccc(C(F)(F)F)c2)ccc1OCc1ccc(C)cc1. The lowest BCUT2D eigenvalue weighted by atomic mass is 10.1. The van der Waals surface area contributed by atoms with Gasteiger partial charge in [0.25, 0.3) is 5.91 Å². The Labute approximate surface area is 172 Å². The van der Waals surface area contributed by atoms with Crippen molar-refractivity contribution in [3.05, 3.63) is 89.0 Å². The van der Waals surface area contributed by atoms with Crippen LogP contribution in [-0.2, 0) is 12.8 Å². The molecule has 0 spiro atoms. The lowest BCUT2D eigenvalue weighted by molar-refractivity contribution is -0.137. The van der Waals surface area contributed by atoms with Crippen molar-refractivity contribution in [2.75, 3.05) is 12.4 Å². The summed E-state index contributed by atoms with van der Waals surface area (Å²) >= 11 is 0. The molecule has 0 fully saturated rings. The summed E-state index contributed by atoms with van der Waals surface area (Å²) in [5, 5.41) is 2.47. The molecule has 1 amide bonds. The van der Waals surface area contributed by atoms with Gasteiger partial charge in [-0.05, 0) is 48.9 Å². The van der Waals surface area contributed by atoms with E-state index >= 15 is 0 Å². The predicted octanol–water partition coefficient (Wildman–Crippen LogP) is 5.85. The quantitative estimate of drug-likeness (QED) is 0.549. The monoisotopic (exact) mass is 415 g/mol. The number of nitrogens with one attached hydrogen (secondary N) is 1. The van der Waals surface area contributed by atoms with E-state index in [2.05, 4.69) is 5.32 Å². The fourth-order valence-corrected chi connectivity index (χ4v) is 2.75. The number of anilines is 1. The fraction of sp³-hybridized carbons (Fsp3) is 0.174. The van der Waals surface area contributed by atoms with Crippen LogP contribution in [0.15, 0.2) is 66.7 Å². The van der Waals surface area contributed by atoms with Crippen LogP contribution in [0.1, 0.15) is 27.0 Å². The summed E-state index contributed by atoms with van der Waals surface area (Å²) in [6.45, 7) is 2.32. The summed E-state index contributed by atoms with van der Waals surface area (Å²) in [4.78, 5) is 12.5. The molecule has 0 heterocycles. The first-order valence-corrected chi connectivity index (χ1v) is 9.11. The van der Waals surface area contributed by atoms with Crippen molar-refractivity contribution in [2.45, 2.75) is 19.7 Å². The van der Waals surface area contributed by atoms with Gasteiger partial charge in [0, 0.05) is 11.3 Å². The van der Waals surface area contributed by atoms with E-state index in [1.807, 2.05) is 31.2 Å². The van der Waals surface area contributed by atoms with Crippen molar-refractivity contribution in [3.8, 4) is 11.5 Å². The zero-order valence-electron chi connectivity index (χ0n) is 16.4. The van der Waals surface area contributed by atoms with Gasteiger partial charge in [-0.25, -0.2) is 0 Å². The molecule has 1 N–H and O–H groups in total. The lowest BCUT2D eigenvalue weighted by Gasteiger charge is -2.13. The highest BCUT2D eigenvalue weighted by molar-refractivity contribution is 6.04. The highest BCUT2D eigenvalue weighted by Gasteiger charge is 2.30. The van der Waals surface area contributed by atoms with Crippen LogP contribution >= 0.6 is 0 Å². The van der Waals surface area contributed by atoms with Crippen LogP contribution in [0.2, 0.25) is 0 Å². The van der Waals surface area contributed by atoms with Crippen molar-refractivity contribution in [3.63, 3.8) is 0 Å². The van der Waals surface area contributed by atoms with Crippen LogP contribution in [-0.4, -0.2) is 13.0 Å². The third-order valence-corrected chi connectivity index (χ3v) is 4.39. The maximum atomic E-state index is 12.8. The number of amides is 1. The molecule has 0 radical (unpaired) electrons. The Kier molecular flexibility index (Phi) is 6.30. The Bertz CT molecular complexity index is 1030. The number of hydrogen-bond donors (Lipinski definition) is 1. The number of rotatable bonds is 6. The molecule has 0 unspecified atom stereocenters. The van der Waals surface area contributed by atoms with Gasteiger partial charge in [-0.15, -0.1) is 0 Å². The lowest BCUT2D eigenvalue weighted by Crippen LogP contribution is -2.13. The Morgan fingerprint density at radius 2 is 1.70 bits per heavy atom. The van der Waals surface area contributed by atoms with Gasteiger partial charge < -0.3 is 14.8 Å². The minimum absolute atomic E-state index is 0.0495. The van der Waals surface area contributed by atoms with Gasteiger partial charge in [0.05, 0.1) is 12.7 Å². The van der Waals surface area contributed by atoms with E-state index in [4.69, 9.17) is 9.47 Å². The van der Waals surface area contributed by atoms with Crippen LogP contribution in [0.3, 0.4) is 0 Å². The van der Waals surface area contributed by atoms with E-state index in [0.717, 1.165) is 23.3 Å². The minimum Gasteiger partial charge on any atom is -0.493 e. The molecule has 0 aliphatic carbocycles. The molecule has 4 nitrogen and oxygen atoms in total. The number of carbonyl (C=O) groups excluding carboxylic acids is 1. The molecule has 3 rings (SSSR count). The minimum atomic E-state index is -4.49. The maximum Gasteiger partial charge on any atom is 0.416 e. The third kappa shape index (κ3) is 5.31. The maximum absolute atomic E-state index is 12.8. The zero-order valence-corrected chi connectivity index (χ0v) is 16.4. The molecule has 156 valence electrons. The normalized spacial score (nSPS) is 11.1. The molecule has 30 heavy (non-hydrogen) atoms. The molecule has 0 bridgehead atoms. The van der Waals surface area contributed by atoms with Crippen molar-refractivity contribution in [1.29, 1.82) is 0 Å². The molecule has 0 aliphatic heterocycles. The van der Waals surface area contributed by atoms with E-state index in [0.29, 0.717) is 18.1 Å². The molecule has 0 aromatic heterocycles. The largest absolute Gasteiger partial charge is 0.493 e. The second-order valence-corrected chi connectivity index (χ2v) is 6.67. The first-order chi connectivity index (χ1) is 14.3. The number of carbonyl (C=O) groups is 1. The Morgan fingerprint density at radius 1 is 0.967 bits per heavy atom. The van der Waals surface area contributed by atoms with E-state index < -0.39 is 17.6 Å². The first-order valence-electron chi connectivity index (χ1n) is 9.11. The summed E-state index contributed by atoms with van der Waals surface area (Å²) in [6.07, 6.45) is -4.49. The Hall–Kier alpha value is -3.48. The van der Waals surface area contributed by atoms with Crippen molar-refractivity contribution < 1.29 is 27.4 Å². The average molecular weight is 415 g/mol. The van der Waals surface area contributed by atoms with Crippen molar-refractivity contribution >= 4 is 11.6 Å². The second-order valence-electron chi connectivity index (χ2n) is 6.67. The third-order valence-electron chi connectivity index (χ3n) is 4.39. The molecule has 0 saturated carbocycles. The van der Waals surface area contributed by atoms with E-state index in [-0.39, 0.29) is 11.3 Å². The van der Waals surface area contributed by atoms with Crippen molar-refractivity contribution in [1.82, 2.24) is 0 Å². The summed E-state index contributed by atoms with van der Waals surface area (Å²) in [6, 6.07) is 16.9. The Balaban J connectivity index is 1.72. The Morgan fingerprint density at radius 3 is 2.37 bits per heavy atom. The number of halogens is 3. The smallest absolute Gasteiger partial charge is 0.416 e. The van der Waals surface area contributed by atoms with E-state index in [1.54, 1.807) is 6.07 Å². The molecular formula is C23H20F3NO3. The second kappa shape index (κ2) is 8.90. The van der Waals surface area contributed by atoms with Crippen molar-refractivity contribution in [2.24, 2.45) is 0 Å². The topological polar surface area (TPSA) is 47.6 Å². The summed E-state index contributed by atoms with van der Waals surface area (Å²) < 4.78 is 49.6. The number of benzene rings is 3. The molecule has 3 aromatic rings. The zero-order chi connectivity index (χ0) is 21.7. The molecule has 0 atom stereocenters. The van der Waals surface area contributed by atoms with Crippen LogP contribution in [0, 0.1) is 6.92 Å². The molecule has 0 aliphatic rings. The first kappa shape index (κ1) is 21.2. The van der Waals surface area contributed by atoms with Gasteiger partial charge in [-0.3, -0.25) is 4.79 Å². The van der Waals surface area contributed by atoms with Gasteiger partial charge >= 0.3 is 6.18 Å². The summed E-state index contributed by atoms with van der Waals surface area (Å²) in [5.74, 6) is 0.241. The van der Waals surface area contributed by atoms with Gasteiger partial charge in [0.2, 0.25) is 0 Å².